The Kier molecular flexibility index (Phi) is 9.08. The number of rotatable bonds is 10. The lowest BCUT2D eigenvalue weighted by Gasteiger charge is -2.36. The summed E-state index contributed by atoms with van der Waals surface area (Å²) in [4.78, 5) is 19.7. The monoisotopic (exact) mass is 532 g/mol. The Hall–Kier alpha value is -2.24. The number of carboxylic acids is 1. The first-order valence-corrected chi connectivity index (χ1v) is 15.5. The van der Waals surface area contributed by atoms with Gasteiger partial charge in [-0.25, -0.2) is 0 Å². The summed E-state index contributed by atoms with van der Waals surface area (Å²) in [6, 6.07) is 10.4. The van der Waals surface area contributed by atoms with Crippen LogP contribution in [0.1, 0.15) is 117 Å². The third kappa shape index (κ3) is 7.10. The summed E-state index contributed by atoms with van der Waals surface area (Å²) in [5, 5.41) is 10.4. The van der Waals surface area contributed by atoms with Crippen molar-refractivity contribution < 1.29 is 14.6 Å². The van der Waals surface area contributed by atoms with Crippen molar-refractivity contribution in [3.8, 4) is 0 Å². The molecule has 1 aromatic heterocycles. The second-order valence-corrected chi connectivity index (χ2v) is 13.2. The molecule has 2 fully saturated rings. The van der Waals surface area contributed by atoms with Crippen LogP contribution in [0.15, 0.2) is 30.3 Å². The van der Waals surface area contributed by atoms with Gasteiger partial charge in [0.2, 0.25) is 0 Å². The zero-order valence-electron chi connectivity index (χ0n) is 24.4. The number of likely N-dealkylation sites (tertiary alicyclic amines) is 1. The molecule has 1 unspecified atom stereocenters. The van der Waals surface area contributed by atoms with Crippen LogP contribution in [0.3, 0.4) is 0 Å². The summed E-state index contributed by atoms with van der Waals surface area (Å²) >= 11 is 0. The third-order valence-corrected chi connectivity index (χ3v) is 9.51. The second-order valence-electron chi connectivity index (χ2n) is 13.2. The molecule has 39 heavy (non-hydrogen) atoms. The van der Waals surface area contributed by atoms with Crippen LogP contribution in [0.25, 0.3) is 0 Å². The molecule has 1 N–H and O–H groups in total. The van der Waals surface area contributed by atoms with E-state index in [0.29, 0.717) is 17.9 Å². The first kappa shape index (κ1) is 28.3. The number of fused-ring (bicyclic) bond motifs is 1. The van der Waals surface area contributed by atoms with Gasteiger partial charge in [-0.15, -0.1) is 0 Å². The number of benzene rings is 1. The van der Waals surface area contributed by atoms with E-state index in [0.717, 1.165) is 69.2 Å². The van der Waals surface area contributed by atoms with Crippen LogP contribution in [-0.4, -0.2) is 46.8 Å². The van der Waals surface area contributed by atoms with Crippen LogP contribution in [0, 0.1) is 12.3 Å². The topological polar surface area (TPSA) is 62.7 Å². The summed E-state index contributed by atoms with van der Waals surface area (Å²) in [5.74, 6) is -0.286. The smallest absolute Gasteiger partial charge is 0.325 e. The molecule has 2 aromatic rings. The molecule has 2 aliphatic carbocycles. The Morgan fingerprint density at radius 1 is 1.10 bits per heavy atom. The third-order valence-electron chi connectivity index (χ3n) is 9.51. The van der Waals surface area contributed by atoms with Gasteiger partial charge in [-0.1, -0.05) is 43.7 Å². The molecule has 2 atom stereocenters. The van der Waals surface area contributed by atoms with Crippen LogP contribution in [-0.2, 0) is 28.8 Å². The van der Waals surface area contributed by atoms with E-state index in [9.17, 15) is 9.90 Å². The molecule has 5 rings (SSSR count). The highest BCUT2D eigenvalue weighted by molar-refractivity contribution is 5.76. The lowest BCUT2D eigenvalue weighted by Crippen LogP contribution is -2.34. The first-order valence-electron chi connectivity index (χ1n) is 15.5. The maximum Gasteiger partial charge on any atom is 0.325 e. The van der Waals surface area contributed by atoms with E-state index in [1.54, 1.807) is 0 Å². The molecule has 0 amide bonds. The minimum absolute atomic E-state index is 0.109. The Balaban J connectivity index is 1.14. The normalized spacial score (nSPS) is 22.5. The van der Waals surface area contributed by atoms with E-state index in [1.165, 1.54) is 54.6 Å². The number of aryl methyl sites for hydroxylation is 4. The van der Waals surface area contributed by atoms with Crippen LogP contribution in [0.2, 0.25) is 0 Å². The standard InChI is InChI=1S/C34H48N2O3/c1-24-11-14-29(25-15-18-34(2,3)19-16-25)30(22-24)32(33(37)38)36-20-17-28(23-36)39-21-7-6-9-27-13-12-26-8-4-5-10-31(26)35-27/h11-14,22,25,28,32H,4-10,15-21,23H2,1-3H3,(H,37,38)/t28-,32?/m1/s1. The number of nitrogens with zero attached hydrogens (tertiary/aromatic N) is 2. The van der Waals surface area contributed by atoms with Gasteiger partial charge < -0.3 is 9.84 Å². The zero-order chi connectivity index (χ0) is 27.4. The summed E-state index contributed by atoms with van der Waals surface area (Å²) in [7, 11) is 0. The molecule has 212 valence electrons. The van der Waals surface area contributed by atoms with Crippen molar-refractivity contribution in [1.82, 2.24) is 9.88 Å². The highest BCUT2D eigenvalue weighted by Crippen LogP contribution is 2.45. The molecule has 5 heteroatoms. The predicted octanol–water partition coefficient (Wildman–Crippen LogP) is 7.19. The van der Waals surface area contributed by atoms with Crippen molar-refractivity contribution in [3.63, 3.8) is 0 Å². The Morgan fingerprint density at radius 3 is 2.69 bits per heavy atom. The van der Waals surface area contributed by atoms with Crippen molar-refractivity contribution in [1.29, 1.82) is 0 Å². The van der Waals surface area contributed by atoms with Crippen LogP contribution in [0.5, 0.6) is 0 Å². The van der Waals surface area contributed by atoms with E-state index in [2.05, 4.69) is 56.0 Å². The molecule has 1 saturated carbocycles. The van der Waals surface area contributed by atoms with Gasteiger partial charge in [-0.2, -0.15) is 0 Å². The summed E-state index contributed by atoms with van der Waals surface area (Å²) < 4.78 is 6.27. The fourth-order valence-electron chi connectivity index (χ4n) is 7.05. The Bertz CT molecular complexity index is 1130. The number of aliphatic carboxylic acids is 1. The Labute approximate surface area is 235 Å². The van der Waals surface area contributed by atoms with Gasteiger partial charge in [-0.05, 0) is 118 Å². The maximum atomic E-state index is 12.7. The van der Waals surface area contributed by atoms with Crippen LogP contribution < -0.4 is 0 Å². The average Bonchev–Trinajstić information content (AvgIpc) is 3.37. The van der Waals surface area contributed by atoms with Gasteiger partial charge in [-0.3, -0.25) is 14.7 Å². The molecular formula is C34H48N2O3. The average molecular weight is 533 g/mol. The lowest BCUT2D eigenvalue weighted by atomic mass is 9.70. The zero-order valence-corrected chi connectivity index (χ0v) is 24.4. The molecule has 1 aromatic carbocycles. The minimum Gasteiger partial charge on any atom is -0.480 e. The maximum absolute atomic E-state index is 12.7. The van der Waals surface area contributed by atoms with E-state index in [4.69, 9.17) is 9.72 Å². The summed E-state index contributed by atoms with van der Waals surface area (Å²) in [6.07, 6.45) is 13.6. The van der Waals surface area contributed by atoms with Crippen molar-refractivity contribution >= 4 is 5.97 Å². The molecule has 0 spiro atoms. The van der Waals surface area contributed by atoms with Crippen molar-refractivity contribution in [2.75, 3.05) is 19.7 Å². The number of aromatic nitrogens is 1. The van der Waals surface area contributed by atoms with Gasteiger partial charge in [0.15, 0.2) is 0 Å². The fraction of sp³-hybridized carbons (Fsp3) is 0.647. The van der Waals surface area contributed by atoms with E-state index >= 15 is 0 Å². The lowest BCUT2D eigenvalue weighted by molar-refractivity contribution is -0.143. The van der Waals surface area contributed by atoms with E-state index in [1.807, 2.05) is 0 Å². The molecule has 3 aliphatic rings. The van der Waals surface area contributed by atoms with Crippen LogP contribution >= 0.6 is 0 Å². The summed E-state index contributed by atoms with van der Waals surface area (Å²) in [5.41, 5.74) is 7.76. The molecule has 0 bridgehead atoms. The van der Waals surface area contributed by atoms with E-state index in [-0.39, 0.29) is 6.10 Å². The number of hydrogen-bond donors (Lipinski definition) is 1. The molecule has 2 heterocycles. The van der Waals surface area contributed by atoms with Gasteiger partial charge in [0, 0.05) is 31.1 Å². The molecule has 0 radical (unpaired) electrons. The fourth-order valence-corrected chi connectivity index (χ4v) is 7.05. The molecule has 1 saturated heterocycles. The largest absolute Gasteiger partial charge is 0.480 e. The second kappa shape index (κ2) is 12.5. The van der Waals surface area contributed by atoms with Crippen LogP contribution in [0.4, 0.5) is 0 Å². The summed E-state index contributed by atoms with van der Waals surface area (Å²) in [6.45, 7) is 8.98. The van der Waals surface area contributed by atoms with Gasteiger partial charge in [0.25, 0.3) is 0 Å². The Morgan fingerprint density at radius 2 is 1.90 bits per heavy atom. The predicted molar refractivity (Wildman–Crippen MR) is 156 cm³/mol. The highest BCUT2D eigenvalue weighted by atomic mass is 16.5. The minimum atomic E-state index is -0.740. The number of ether oxygens (including phenoxy) is 1. The molecule has 1 aliphatic heterocycles. The first-order chi connectivity index (χ1) is 18.8. The van der Waals surface area contributed by atoms with Crippen molar-refractivity contribution in [2.24, 2.45) is 5.41 Å². The van der Waals surface area contributed by atoms with Gasteiger partial charge in [0.05, 0.1) is 6.10 Å². The van der Waals surface area contributed by atoms with E-state index < -0.39 is 12.0 Å². The van der Waals surface area contributed by atoms with Gasteiger partial charge in [0.1, 0.15) is 6.04 Å². The number of hydrogen-bond acceptors (Lipinski definition) is 4. The number of pyridine rings is 1. The van der Waals surface area contributed by atoms with Crippen molar-refractivity contribution in [3.05, 3.63) is 64.0 Å². The van der Waals surface area contributed by atoms with Gasteiger partial charge >= 0.3 is 5.97 Å². The molecular weight excluding hydrogens is 484 g/mol. The SMILES string of the molecule is Cc1ccc(C2CCC(C)(C)CC2)c(C(C(=O)O)N2CC[C@@H](OCCCCc3ccc4c(n3)CCCC4)C2)c1. The number of carboxylic acid groups (broad SMARTS) is 1. The number of unbranched alkanes of at least 4 members (excludes halogenated alkanes) is 1. The quantitative estimate of drug-likeness (QED) is 0.328. The molecule has 5 nitrogen and oxygen atoms in total. The number of carbonyl (C=O) groups is 1. The highest BCUT2D eigenvalue weighted by Gasteiger charge is 2.37. The van der Waals surface area contributed by atoms with Crippen molar-refractivity contribution in [2.45, 2.75) is 116 Å².